The van der Waals surface area contributed by atoms with Crippen LogP contribution in [0.25, 0.3) is 0 Å². The number of amides is 2. The second-order valence-electron chi connectivity index (χ2n) is 9.22. The summed E-state index contributed by atoms with van der Waals surface area (Å²) in [5.74, 6) is -0.537. The molecule has 0 bridgehead atoms. The van der Waals surface area contributed by atoms with Crippen LogP contribution in [0.1, 0.15) is 31.4 Å². The van der Waals surface area contributed by atoms with Gasteiger partial charge in [0.15, 0.2) is 0 Å². The predicted octanol–water partition coefficient (Wildman–Crippen LogP) is 3.06. The molecule has 0 unspecified atom stereocenters. The van der Waals surface area contributed by atoms with Gasteiger partial charge in [0.05, 0.1) is 30.2 Å². The monoisotopic (exact) mass is 572 g/mol. The summed E-state index contributed by atoms with van der Waals surface area (Å²) in [7, 11) is 1.33. The topological polar surface area (TPSA) is 118 Å². The Hall–Kier alpha value is -3.57. The first kappa shape index (κ1) is 31.6. The smallest absolute Gasteiger partial charge is 0.408 e. The number of methoxy groups -OCH3 is 1. The summed E-state index contributed by atoms with van der Waals surface area (Å²) in [6, 6.07) is 17.2. The number of nitrogens with one attached hydrogen (secondary N) is 4. The van der Waals surface area contributed by atoms with Crippen LogP contribution in [0.15, 0.2) is 60.7 Å². The molecule has 0 heterocycles. The molecule has 11 heteroatoms. The maximum absolute atomic E-state index is 13.0. The second kappa shape index (κ2) is 17.1. The highest BCUT2D eigenvalue weighted by Gasteiger charge is 2.23. The lowest BCUT2D eigenvalue weighted by atomic mass is 10.0. The number of hydrogen-bond acceptors (Lipinski definition) is 7. The van der Waals surface area contributed by atoms with Gasteiger partial charge in [0, 0.05) is 6.42 Å². The zero-order chi connectivity index (χ0) is 28.6. The van der Waals surface area contributed by atoms with Gasteiger partial charge in [0.25, 0.3) is 0 Å². The Morgan fingerprint density at radius 1 is 0.795 bits per heavy atom. The minimum absolute atomic E-state index is 0.0369. The molecule has 0 aliphatic rings. The summed E-state index contributed by atoms with van der Waals surface area (Å²) < 4.78 is 10.1. The fraction of sp³-hybridized carbons (Fsp3) is 0.393. The first-order chi connectivity index (χ1) is 18.7. The van der Waals surface area contributed by atoms with Crippen LogP contribution in [0.4, 0.5) is 4.79 Å². The molecule has 2 amide bonds. The highest BCUT2D eigenvalue weighted by molar-refractivity contribution is 7.80. The van der Waals surface area contributed by atoms with Crippen molar-refractivity contribution in [3.63, 3.8) is 0 Å². The third-order valence-corrected chi connectivity index (χ3v) is 6.05. The number of benzene rings is 2. The van der Waals surface area contributed by atoms with Crippen molar-refractivity contribution >= 4 is 52.4 Å². The van der Waals surface area contributed by atoms with Gasteiger partial charge in [-0.15, -0.1) is 0 Å². The first-order valence-electron chi connectivity index (χ1n) is 12.6. The van der Waals surface area contributed by atoms with E-state index in [0.29, 0.717) is 16.4 Å². The van der Waals surface area contributed by atoms with Crippen molar-refractivity contribution in [3.8, 4) is 0 Å². The number of hydrogen-bond donors (Lipinski definition) is 4. The summed E-state index contributed by atoms with van der Waals surface area (Å²) in [5.41, 5.74) is 1.71. The number of alkyl carbamates (subject to hydrolysis) is 1. The minimum atomic E-state index is -0.877. The highest BCUT2D eigenvalue weighted by Crippen LogP contribution is 2.07. The Morgan fingerprint density at radius 3 is 1.97 bits per heavy atom. The normalized spacial score (nSPS) is 12.0. The lowest BCUT2D eigenvalue weighted by Gasteiger charge is -2.21. The molecule has 2 aromatic rings. The molecule has 210 valence electrons. The van der Waals surface area contributed by atoms with E-state index in [-0.39, 0.29) is 38.0 Å². The van der Waals surface area contributed by atoms with Crippen molar-refractivity contribution in [3.05, 3.63) is 71.8 Å². The number of carbonyl (C=O) groups is 3. The Balaban J connectivity index is 1.87. The third kappa shape index (κ3) is 12.7. The van der Waals surface area contributed by atoms with Crippen molar-refractivity contribution < 1.29 is 23.9 Å². The van der Waals surface area contributed by atoms with Gasteiger partial charge in [0.1, 0.15) is 18.7 Å². The van der Waals surface area contributed by atoms with Crippen LogP contribution in [0.2, 0.25) is 0 Å². The summed E-state index contributed by atoms with van der Waals surface area (Å²) >= 11 is 10.7. The molecule has 4 N–H and O–H groups in total. The molecular formula is C28H36N4O5S2. The summed E-state index contributed by atoms with van der Waals surface area (Å²) in [6.07, 6.45) is 0.136. The molecule has 0 saturated heterocycles. The fourth-order valence-electron chi connectivity index (χ4n) is 3.57. The molecule has 2 rings (SSSR count). The van der Waals surface area contributed by atoms with Gasteiger partial charge < -0.3 is 30.7 Å². The van der Waals surface area contributed by atoms with Crippen LogP contribution in [-0.2, 0) is 32.1 Å². The number of carbonyl (C=O) groups excluding carboxylic acids is 3. The lowest BCUT2D eigenvalue weighted by Crippen LogP contribution is -2.50. The quantitative estimate of drug-likeness (QED) is 0.200. The van der Waals surface area contributed by atoms with Crippen LogP contribution in [0.5, 0.6) is 0 Å². The molecule has 2 atom stereocenters. The Morgan fingerprint density at radius 2 is 1.38 bits per heavy atom. The van der Waals surface area contributed by atoms with Crippen LogP contribution in [-0.4, -0.2) is 60.2 Å². The van der Waals surface area contributed by atoms with E-state index >= 15 is 0 Å². The van der Waals surface area contributed by atoms with Gasteiger partial charge in [-0.25, -0.2) is 9.59 Å². The Bertz CT molecular complexity index is 1100. The van der Waals surface area contributed by atoms with Gasteiger partial charge in [-0.1, -0.05) is 98.9 Å². The zero-order valence-corrected chi connectivity index (χ0v) is 24.0. The molecule has 0 saturated carbocycles. The van der Waals surface area contributed by atoms with Gasteiger partial charge >= 0.3 is 12.1 Å². The minimum Gasteiger partial charge on any atom is -0.467 e. The van der Waals surface area contributed by atoms with Crippen molar-refractivity contribution in [1.29, 1.82) is 0 Å². The van der Waals surface area contributed by atoms with Crippen LogP contribution in [0.3, 0.4) is 0 Å². The number of rotatable bonds is 14. The summed E-state index contributed by atoms with van der Waals surface area (Å²) in [6.45, 7) is 4.31. The molecule has 0 aliphatic heterocycles. The maximum atomic E-state index is 13.0. The number of thiocarbonyl (C=S) groups is 2. The van der Waals surface area contributed by atoms with Crippen molar-refractivity contribution in [2.75, 3.05) is 20.2 Å². The fourth-order valence-corrected chi connectivity index (χ4v) is 3.93. The van der Waals surface area contributed by atoms with E-state index in [1.54, 1.807) is 0 Å². The zero-order valence-electron chi connectivity index (χ0n) is 22.4. The van der Waals surface area contributed by atoms with Crippen LogP contribution >= 0.6 is 24.4 Å². The van der Waals surface area contributed by atoms with E-state index in [4.69, 9.17) is 33.9 Å². The van der Waals surface area contributed by atoms with Gasteiger partial charge in [-0.3, -0.25) is 4.79 Å². The molecular weight excluding hydrogens is 536 g/mol. The van der Waals surface area contributed by atoms with Crippen molar-refractivity contribution in [1.82, 2.24) is 21.3 Å². The highest BCUT2D eigenvalue weighted by atomic mass is 32.1. The molecule has 9 nitrogen and oxygen atoms in total. The SMILES string of the molecule is COC(=O)[C@H](CC(C)C)NC(=S)CNC(=S)CNC(=O)[C@H](Cc1ccccc1)NC(=O)OCc1ccccc1. The molecule has 0 spiro atoms. The molecule has 0 radical (unpaired) electrons. The van der Waals surface area contributed by atoms with E-state index in [0.717, 1.165) is 11.1 Å². The molecule has 0 aromatic heterocycles. The largest absolute Gasteiger partial charge is 0.467 e. The predicted molar refractivity (Wildman–Crippen MR) is 158 cm³/mol. The summed E-state index contributed by atoms with van der Waals surface area (Å²) in [5, 5.41) is 11.4. The number of esters is 1. The van der Waals surface area contributed by atoms with Gasteiger partial charge in [-0.2, -0.15) is 0 Å². The van der Waals surface area contributed by atoms with E-state index < -0.39 is 24.1 Å². The van der Waals surface area contributed by atoms with Crippen molar-refractivity contribution in [2.45, 2.75) is 45.4 Å². The van der Waals surface area contributed by atoms with Crippen molar-refractivity contribution in [2.24, 2.45) is 5.92 Å². The maximum Gasteiger partial charge on any atom is 0.408 e. The number of ether oxygens (including phenoxy) is 2. The van der Waals surface area contributed by atoms with Gasteiger partial charge in [0.2, 0.25) is 5.91 Å². The standard InChI is InChI=1S/C28H36N4O5S2/c1-19(2)14-23(27(34)36-3)31-25(39)17-29-24(38)16-30-26(33)22(15-20-10-6-4-7-11-20)32-28(35)37-18-21-12-8-5-9-13-21/h4-13,19,22-23H,14-18H2,1-3H3,(H,29,38)(H,30,33)(H,31,39)(H,32,35)/t22-,23-/m0/s1. The molecule has 39 heavy (non-hydrogen) atoms. The lowest BCUT2D eigenvalue weighted by molar-refractivity contribution is -0.143. The molecule has 0 aliphatic carbocycles. The second-order valence-corrected chi connectivity index (χ2v) is 10.2. The molecule has 2 aromatic carbocycles. The molecule has 0 fully saturated rings. The first-order valence-corrected chi connectivity index (χ1v) is 13.4. The van der Waals surface area contributed by atoms with Gasteiger partial charge in [-0.05, 0) is 23.5 Å². The summed E-state index contributed by atoms with van der Waals surface area (Å²) in [4.78, 5) is 38.2. The van der Waals surface area contributed by atoms with Crippen LogP contribution < -0.4 is 21.3 Å². The van der Waals surface area contributed by atoms with Crippen LogP contribution in [0, 0.1) is 5.92 Å². The van der Waals surface area contributed by atoms with E-state index in [9.17, 15) is 14.4 Å². The Kier molecular flexibility index (Phi) is 13.9. The average molecular weight is 573 g/mol. The third-order valence-electron chi connectivity index (χ3n) is 5.50. The van der Waals surface area contributed by atoms with E-state index in [2.05, 4.69) is 21.3 Å². The van der Waals surface area contributed by atoms with E-state index in [1.807, 2.05) is 74.5 Å². The van der Waals surface area contributed by atoms with E-state index in [1.165, 1.54) is 7.11 Å². The Labute approximate surface area is 240 Å². The average Bonchev–Trinajstić information content (AvgIpc) is 2.93.